The van der Waals surface area contributed by atoms with E-state index in [9.17, 15) is 0 Å². The minimum atomic E-state index is 0.239. The van der Waals surface area contributed by atoms with E-state index in [4.69, 9.17) is 9.47 Å². The van der Waals surface area contributed by atoms with Crippen molar-refractivity contribution < 1.29 is 9.47 Å². The average Bonchev–Trinajstić information content (AvgIpc) is 3.10. The molecule has 0 radical (unpaired) electrons. The van der Waals surface area contributed by atoms with Gasteiger partial charge < -0.3 is 14.8 Å². The molecule has 1 aliphatic rings. The summed E-state index contributed by atoms with van der Waals surface area (Å²) in [5, 5.41) is 5.56. The molecular weight excluding hydrogens is 296 g/mol. The van der Waals surface area contributed by atoms with Crippen LogP contribution in [0.3, 0.4) is 0 Å². The van der Waals surface area contributed by atoms with Gasteiger partial charge in [-0.1, -0.05) is 6.07 Å². The molecular formula is C17H22N2O2S. The minimum Gasteiger partial charge on any atom is -0.497 e. The molecule has 0 bridgehead atoms. The molecule has 1 aromatic heterocycles. The van der Waals surface area contributed by atoms with Gasteiger partial charge >= 0.3 is 0 Å². The fraction of sp³-hybridized carbons (Fsp3) is 0.412. The van der Waals surface area contributed by atoms with Crippen molar-refractivity contribution >= 4 is 11.3 Å². The van der Waals surface area contributed by atoms with Gasteiger partial charge in [0, 0.05) is 42.7 Å². The van der Waals surface area contributed by atoms with E-state index in [-0.39, 0.29) is 6.04 Å². The van der Waals surface area contributed by atoms with Gasteiger partial charge in [-0.3, -0.25) is 4.90 Å². The predicted octanol–water partition coefficient (Wildman–Crippen LogP) is 2.76. The Balaban J connectivity index is 2.01. The Bertz CT molecular complexity index is 595. The highest BCUT2D eigenvalue weighted by atomic mass is 32.1. The van der Waals surface area contributed by atoms with Crippen molar-refractivity contribution in [1.29, 1.82) is 0 Å². The summed E-state index contributed by atoms with van der Waals surface area (Å²) in [6, 6.07) is 10.7. The molecule has 118 valence electrons. The molecule has 1 unspecified atom stereocenters. The third-order valence-corrected chi connectivity index (χ3v) is 4.99. The van der Waals surface area contributed by atoms with E-state index < -0.39 is 0 Å². The summed E-state index contributed by atoms with van der Waals surface area (Å²) in [6.07, 6.45) is 0. The number of methoxy groups -OCH3 is 2. The van der Waals surface area contributed by atoms with Gasteiger partial charge in [0.15, 0.2) is 0 Å². The van der Waals surface area contributed by atoms with Gasteiger partial charge in [0.05, 0.1) is 20.3 Å². The smallest absolute Gasteiger partial charge is 0.127 e. The second kappa shape index (κ2) is 7.13. The number of rotatable bonds is 5. The highest BCUT2D eigenvalue weighted by Crippen LogP contribution is 2.38. The summed E-state index contributed by atoms with van der Waals surface area (Å²) < 4.78 is 11.0. The number of hydrogen-bond donors (Lipinski definition) is 1. The highest BCUT2D eigenvalue weighted by molar-refractivity contribution is 7.10. The molecule has 1 atom stereocenters. The van der Waals surface area contributed by atoms with Crippen LogP contribution in [0.25, 0.3) is 0 Å². The van der Waals surface area contributed by atoms with Crippen LogP contribution in [-0.4, -0.2) is 45.3 Å². The third kappa shape index (κ3) is 3.11. The average molecular weight is 318 g/mol. The Morgan fingerprint density at radius 3 is 2.59 bits per heavy atom. The molecule has 3 rings (SSSR count). The van der Waals surface area contributed by atoms with Crippen molar-refractivity contribution in [2.75, 3.05) is 40.4 Å². The normalized spacial score (nSPS) is 17.2. The van der Waals surface area contributed by atoms with Crippen LogP contribution in [0, 0.1) is 0 Å². The maximum absolute atomic E-state index is 5.64. The van der Waals surface area contributed by atoms with Crippen molar-refractivity contribution in [2.45, 2.75) is 6.04 Å². The van der Waals surface area contributed by atoms with Crippen molar-refractivity contribution in [3.8, 4) is 11.5 Å². The van der Waals surface area contributed by atoms with Crippen LogP contribution < -0.4 is 14.8 Å². The zero-order valence-corrected chi connectivity index (χ0v) is 13.9. The lowest BCUT2D eigenvalue weighted by atomic mass is 10.0. The molecule has 22 heavy (non-hydrogen) atoms. The first-order valence-electron chi connectivity index (χ1n) is 7.53. The van der Waals surface area contributed by atoms with E-state index in [0.717, 1.165) is 37.7 Å². The third-order valence-electron chi connectivity index (χ3n) is 4.06. The zero-order chi connectivity index (χ0) is 15.4. The van der Waals surface area contributed by atoms with Crippen LogP contribution in [0.1, 0.15) is 16.5 Å². The van der Waals surface area contributed by atoms with Crippen LogP contribution in [0.15, 0.2) is 35.7 Å². The number of hydrogen-bond acceptors (Lipinski definition) is 5. The molecule has 5 heteroatoms. The van der Waals surface area contributed by atoms with Gasteiger partial charge in [-0.2, -0.15) is 0 Å². The van der Waals surface area contributed by atoms with E-state index in [1.165, 1.54) is 10.4 Å². The Labute approximate surface area is 135 Å². The van der Waals surface area contributed by atoms with Crippen molar-refractivity contribution in [2.24, 2.45) is 0 Å². The van der Waals surface area contributed by atoms with Gasteiger partial charge in [0.1, 0.15) is 11.5 Å². The molecule has 0 saturated carbocycles. The summed E-state index contributed by atoms with van der Waals surface area (Å²) in [5.41, 5.74) is 1.20. The maximum Gasteiger partial charge on any atom is 0.127 e. The predicted molar refractivity (Wildman–Crippen MR) is 90.2 cm³/mol. The quantitative estimate of drug-likeness (QED) is 0.919. The standard InChI is InChI=1S/C17H22N2O2S/c1-20-13-5-6-14(15(12-13)21-2)17(16-4-3-11-22-16)19-9-7-18-8-10-19/h3-6,11-12,17-18H,7-10H2,1-2H3. The lowest BCUT2D eigenvalue weighted by Crippen LogP contribution is -2.45. The molecule has 1 fully saturated rings. The van der Waals surface area contributed by atoms with Crippen LogP contribution >= 0.6 is 11.3 Å². The number of thiophene rings is 1. The molecule has 2 heterocycles. The van der Waals surface area contributed by atoms with E-state index in [1.807, 2.05) is 12.1 Å². The van der Waals surface area contributed by atoms with Gasteiger partial charge in [-0.15, -0.1) is 11.3 Å². The summed E-state index contributed by atoms with van der Waals surface area (Å²) >= 11 is 1.80. The topological polar surface area (TPSA) is 33.7 Å². The Hall–Kier alpha value is -1.56. The Morgan fingerprint density at radius 1 is 1.14 bits per heavy atom. The molecule has 1 N–H and O–H groups in total. The molecule has 0 spiro atoms. The van der Waals surface area contributed by atoms with Gasteiger partial charge in [0.2, 0.25) is 0 Å². The Morgan fingerprint density at radius 2 is 1.95 bits per heavy atom. The summed E-state index contributed by atoms with van der Waals surface area (Å²) in [7, 11) is 3.41. The van der Waals surface area contributed by atoms with Gasteiger partial charge in [-0.05, 0) is 23.6 Å². The zero-order valence-electron chi connectivity index (χ0n) is 13.0. The first kappa shape index (κ1) is 15.3. The van der Waals surface area contributed by atoms with Crippen LogP contribution in [-0.2, 0) is 0 Å². The summed E-state index contributed by atoms with van der Waals surface area (Å²) in [4.78, 5) is 3.87. The lowest BCUT2D eigenvalue weighted by molar-refractivity contribution is 0.197. The number of nitrogens with one attached hydrogen (secondary N) is 1. The fourth-order valence-corrected chi connectivity index (χ4v) is 3.84. The largest absolute Gasteiger partial charge is 0.497 e. The molecule has 0 amide bonds. The number of piperazine rings is 1. The summed E-state index contributed by atoms with van der Waals surface area (Å²) in [6.45, 7) is 4.14. The van der Waals surface area contributed by atoms with Crippen LogP contribution in [0.4, 0.5) is 0 Å². The SMILES string of the molecule is COc1ccc(C(c2cccs2)N2CCNCC2)c(OC)c1. The minimum absolute atomic E-state index is 0.239. The van der Waals surface area contributed by atoms with E-state index in [1.54, 1.807) is 25.6 Å². The summed E-state index contributed by atoms with van der Waals surface area (Å²) in [5.74, 6) is 1.71. The van der Waals surface area contributed by atoms with Crippen molar-refractivity contribution in [3.05, 3.63) is 46.2 Å². The number of ether oxygens (including phenoxy) is 2. The second-order valence-electron chi connectivity index (χ2n) is 5.31. The van der Waals surface area contributed by atoms with Crippen LogP contribution in [0.2, 0.25) is 0 Å². The first-order valence-corrected chi connectivity index (χ1v) is 8.41. The van der Waals surface area contributed by atoms with Crippen molar-refractivity contribution in [3.63, 3.8) is 0 Å². The van der Waals surface area contributed by atoms with Crippen LogP contribution in [0.5, 0.6) is 11.5 Å². The molecule has 2 aromatic rings. The second-order valence-corrected chi connectivity index (χ2v) is 6.29. The van der Waals surface area contributed by atoms with Gasteiger partial charge in [-0.25, -0.2) is 0 Å². The molecule has 1 saturated heterocycles. The van der Waals surface area contributed by atoms with E-state index in [0.29, 0.717) is 0 Å². The molecule has 0 aliphatic carbocycles. The lowest BCUT2D eigenvalue weighted by Gasteiger charge is -2.35. The fourth-order valence-electron chi connectivity index (χ4n) is 2.96. The van der Waals surface area contributed by atoms with E-state index >= 15 is 0 Å². The number of benzene rings is 1. The molecule has 4 nitrogen and oxygen atoms in total. The van der Waals surface area contributed by atoms with Gasteiger partial charge in [0.25, 0.3) is 0 Å². The van der Waals surface area contributed by atoms with Crippen molar-refractivity contribution in [1.82, 2.24) is 10.2 Å². The highest BCUT2D eigenvalue weighted by Gasteiger charge is 2.27. The Kier molecular flexibility index (Phi) is 4.97. The molecule has 1 aromatic carbocycles. The maximum atomic E-state index is 5.64. The first-order chi connectivity index (χ1) is 10.8. The monoisotopic (exact) mass is 318 g/mol. The molecule has 1 aliphatic heterocycles. The number of nitrogens with zero attached hydrogens (tertiary/aromatic N) is 1. The van der Waals surface area contributed by atoms with E-state index in [2.05, 4.69) is 33.8 Å².